The molecule has 1 saturated heterocycles. The molecule has 0 bridgehead atoms. The molecule has 138 valence electrons. The first-order valence-corrected chi connectivity index (χ1v) is 10.2. The van der Waals surface area contributed by atoms with Crippen molar-refractivity contribution in [1.29, 1.82) is 0 Å². The lowest BCUT2D eigenvalue weighted by Gasteiger charge is -2.27. The van der Waals surface area contributed by atoms with E-state index in [1.807, 2.05) is 0 Å². The number of amides is 1. The monoisotopic (exact) mass is 337 g/mol. The molecule has 1 heterocycles. The third-order valence-corrected chi connectivity index (χ3v) is 5.87. The van der Waals surface area contributed by atoms with Gasteiger partial charge in [0.25, 0.3) is 0 Å². The molecule has 1 unspecified atom stereocenters. The molecule has 1 aliphatic carbocycles. The van der Waals surface area contributed by atoms with Gasteiger partial charge in [-0.05, 0) is 38.0 Å². The lowest BCUT2D eigenvalue weighted by atomic mass is 9.86. The molecule has 4 nitrogen and oxygen atoms in total. The van der Waals surface area contributed by atoms with Crippen molar-refractivity contribution in [2.45, 2.75) is 102 Å². The second-order valence-corrected chi connectivity index (χ2v) is 7.77. The number of carbonyl (C=O) groups is 2. The topological polar surface area (TPSA) is 57.6 Å². The van der Waals surface area contributed by atoms with Crippen molar-refractivity contribution in [1.82, 2.24) is 4.90 Å². The maximum Gasteiger partial charge on any atom is 0.303 e. The molecule has 1 saturated carbocycles. The lowest BCUT2D eigenvalue weighted by molar-refractivity contribution is -0.137. The van der Waals surface area contributed by atoms with Gasteiger partial charge < -0.3 is 10.0 Å². The molecule has 1 N–H and O–H groups in total. The van der Waals surface area contributed by atoms with Gasteiger partial charge in [-0.15, -0.1) is 0 Å². The minimum Gasteiger partial charge on any atom is -0.481 e. The Labute approximate surface area is 147 Å². The number of carboxylic acids is 1. The molecule has 24 heavy (non-hydrogen) atoms. The Morgan fingerprint density at radius 2 is 1.71 bits per heavy atom. The fraction of sp³-hybridized carbons (Fsp3) is 0.900. The smallest absolute Gasteiger partial charge is 0.303 e. The zero-order valence-electron chi connectivity index (χ0n) is 15.2. The predicted octanol–water partition coefficient (Wildman–Crippen LogP) is 4.76. The molecule has 2 aliphatic rings. The van der Waals surface area contributed by atoms with Crippen molar-refractivity contribution >= 4 is 11.9 Å². The standard InChI is InChI=1S/C20H35NO3/c22-19-15-14-18(12-6-1-2-7-13-20(23)24)21(19)16-8-11-17-9-4-3-5-10-17/h17-18H,1-16H2,(H,23,24). The molecule has 0 radical (unpaired) electrons. The molecule has 0 aromatic rings. The number of carboxylic acid groups (broad SMARTS) is 1. The highest BCUT2D eigenvalue weighted by atomic mass is 16.4. The number of carbonyl (C=O) groups excluding carboxylic acids is 1. The van der Waals surface area contributed by atoms with Crippen LogP contribution in [-0.2, 0) is 9.59 Å². The Bertz CT molecular complexity index is 390. The van der Waals surface area contributed by atoms with Crippen LogP contribution in [0.1, 0.15) is 96.3 Å². The summed E-state index contributed by atoms with van der Waals surface area (Å²) >= 11 is 0. The third kappa shape index (κ3) is 6.82. The van der Waals surface area contributed by atoms with E-state index < -0.39 is 5.97 Å². The average Bonchev–Trinajstić information content (AvgIpc) is 2.92. The number of nitrogens with zero attached hydrogens (tertiary/aromatic N) is 1. The summed E-state index contributed by atoms with van der Waals surface area (Å²) in [5, 5.41) is 8.64. The highest BCUT2D eigenvalue weighted by Crippen LogP contribution is 2.29. The van der Waals surface area contributed by atoms with E-state index >= 15 is 0 Å². The van der Waals surface area contributed by atoms with Crippen LogP contribution in [-0.4, -0.2) is 34.5 Å². The minimum atomic E-state index is -0.694. The van der Waals surface area contributed by atoms with E-state index in [0.717, 1.165) is 57.4 Å². The average molecular weight is 338 g/mol. The van der Waals surface area contributed by atoms with E-state index in [4.69, 9.17) is 5.11 Å². The number of aliphatic carboxylic acids is 1. The summed E-state index contributed by atoms with van der Waals surface area (Å²) in [6, 6.07) is 0.448. The van der Waals surface area contributed by atoms with Gasteiger partial charge in [0.05, 0.1) is 0 Å². The first kappa shape index (κ1) is 19.3. The summed E-state index contributed by atoms with van der Waals surface area (Å²) in [6.45, 7) is 0.957. The summed E-state index contributed by atoms with van der Waals surface area (Å²) in [5.74, 6) is 0.569. The van der Waals surface area contributed by atoms with E-state index in [9.17, 15) is 9.59 Å². The van der Waals surface area contributed by atoms with Crippen molar-refractivity contribution in [3.05, 3.63) is 0 Å². The van der Waals surface area contributed by atoms with E-state index in [0.29, 0.717) is 11.9 Å². The van der Waals surface area contributed by atoms with Crippen LogP contribution in [0, 0.1) is 5.92 Å². The summed E-state index contributed by atoms with van der Waals surface area (Å²) in [6.07, 6.45) is 16.6. The molecule has 2 fully saturated rings. The maximum atomic E-state index is 12.1. The highest BCUT2D eigenvalue weighted by molar-refractivity contribution is 5.78. The number of hydrogen-bond donors (Lipinski definition) is 1. The molecule has 1 amide bonds. The van der Waals surface area contributed by atoms with Gasteiger partial charge in [0.15, 0.2) is 0 Å². The Morgan fingerprint density at radius 3 is 2.46 bits per heavy atom. The van der Waals surface area contributed by atoms with Crippen LogP contribution in [0.15, 0.2) is 0 Å². The Hall–Kier alpha value is -1.06. The van der Waals surface area contributed by atoms with E-state index in [1.54, 1.807) is 0 Å². The van der Waals surface area contributed by atoms with Crippen molar-refractivity contribution in [2.24, 2.45) is 5.92 Å². The number of likely N-dealkylation sites (tertiary alicyclic amines) is 1. The van der Waals surface area contributed by atoms with E-state index in [2.05, 4.69) is 4.90 Å². The second kappa shape index (κ2) is 10.7. The number of hydrogen-bond acceptors (Lipinski definition) is 2. The lowest BCUT2D eigenvalue weighted by Crippen LogP contribution is -2.34. The van der Waals surface area contributed by atoms with Crippen molar-refractivity contribution in [2.75, 3.05) is 6.54 Å². The van der Waals surface area contributed by atoms with Gasteiger partial charge in [0.1, 0.15) is 0 Å². The van der Waals surface area contributed by atoms with Gasteiger partial charge in [-0.25, -0.2) is 0 Å². The van der Waals surface area contributed by atoms with Gasteiger partial charge in [0.2, 0.25) is 5.91 Å². The Morgan fingerprint density at radius 1 is 0.958 bits per heavy atom. The van der Waals surface area contributed by atoms with Gasteiger partial charge in [-0.1, -0.05) is 51.4 Å². The first-order chi connectivity index (χ1) is 11.7. The Kier molecular flexibility index (Phi) is 8.62. The zero-order chi connectivity index (χ0) is 17.2. The molecule has 0 aromatic carbocycles. The van der Waals surface area contributed by atoms with Crippen molar-refractivity contribution in [3.63, 3.8) is 0 Å². The highest BCUT2D eigenvalue weighted by Gasteiger charge is 2.29. The number of rotatable bonds is 11. The predicted molar refractivity (Wildman–Crippen MR) is 95.9 cm³/mol. The summed E-state index contributed by atoms with van der Waals surface area (Å²) < 4.78 is 0. The molecule has 0 aromatic heterocycles. The normalized spacial score (nSPS) is 22.2. The fourth-order valence-corrected chi connectivity index (χ4v) is 4.44. The maximum absolute atomic E-state index is 12.1. The van der Waals surface area contributed by atoms with Gasteiger partial charge in [0, 0.05) is 25.4 Å². The summed E-state index contributed by atoms with van der Waals surface area (Å²) in [7, 11) is 0. The van der Waals surface area contributed by atoms with Gasteiger partial charge in [-0.3, -0.25) is 9.59 Å². The van der Waals surface area contributed by atoms with Gasteiger partial charge in [-0.2, -0.15) is 0 Å². The van der Waals surface area contributed by atoms with Crippen LogP contribution in [0.3, 0.4) is 0 Å². The largest absolute Gasteiger partial charge is 0.481 e. The molecule has 4 heteroatoms. The summed E-state index contributed by atoms with van der Waals surface area (Å²) in [5.41, 5.74) is 0. The van der Waals surface area contributed by atoms with Crippen LogP contribution >= 0.6 is 0 Å². The minimum absolute atomic E-state index is 0.287. The van der Waals surface area contributed by atoms with Crippen molar-refractivity contribution in [3.8, 4) is 0 Å². The molecule has 1 atom stereocenters. The van der Waals surface area contributed by atoms with E-state index in [1.165, 1.54) is 44.9 Å². The van der Waals surface area contributed by atoms with Crippen LogP contribution < -0.4 is 0 Å². The SMILES string of the molecule is O=C(O)CCCCCCC1CCC(=O)N1CCCC1CCCCC1. The first-order valence-electron chi connectivity index (χ1n) is 10.2. The molecule has 0 spiro atoms. The van der Waals surface area contributed by atoms with Crippen LogP contribution in [0.2, 0.25) is 0 Å². The third-order valence-electron chi connectivity index (χ3n) is 5.87. The Balaban J connectivity index is 1.59. The fourth-order valence-electron chi connectivity index (χ4n) is 4.44. The summed E-state index contributed by atoms with van der Waals surface area (Å²) in [4.78, 5) is 24.8. The number of unbranched alkanes of at least 4 members (excludes halogenated alkanes) is 3. The van der Waals surface area contributed by atoms with E-state index in [-0.39, 0.29) is 6.42 Å². The van der Waals surface area contributed by atoms with Crippen molar-refractivity contribution < 1.29 is 14.7 Å². The van der Waals surface area contributed by atoms with Crippen LogP contribution in [0.4, 0.5) is 0 Å². The van der Waals surface area contributed by atoms with Crippen LogP contribution in [0.5, 0.6) is 0 Å². The molecule has 1 aliphatic heterocycles. The molecular formula is C20H35NO3. The quantitative estimate of drug-likeness (QED) is 0.553. The van der Waals surface area contributed by atoms with Crippen LogP contribution in [0.25, 0.3) is 0 Å². The molecular weight excluding hydrogens is 302 g/mol. The zero-order valence-corrected chi connectivity index (χ0v) is 15.2. The van der Waals surface area contributed by atoms with Gasteiger partial charge >= 0.3 is 5.97 Å². The second-order valence-electron chi connectivity index (χ2n) is 7.77. The molecule has 2 rings (SSSR count).